The molecule has 5 aromatic rings. The SMILES string of the molecule is COc1c(C(C)(C)C)cc(-c2ccc3ccc4ccc(-c5cc(C(C)(C)C)c(OC)c(C(C)(C)C)c5)nc4c3n2)cc1C(C)(C)C.[Br][Co][Br]. The second-order valence-corrected chi connectivity index (χ2v) is 22.1. The predicted octanol–water partition coefficient (Wildman–Crippen LogP) is 13.0. The van der Waals surface area contributed by atoms with Gasteiger partial charge in [-0.25, -0.2) is 9.97 Å². The Hall–Kier alpha value is -2.45. The van der Waals surface area contributed by atoms with E-state index in [1.54, 1.807) is 14.2 Å². The van der Waals surface area contributed by atoms with Gasteiger partial charge in [0.25, 0.3) is 0 Å². The Kier molecular flexibility index (Phi) is 11.8. The molecular weight excluding hydrogens is 783 g/mol. The van der Waals surface area contributed by atoms with E-state index < -0.39 is 0 Å². The summed E-state index contributed by atoms with van der Waals surface area (Å²) in [6.07, 6.45) is 0. The number of ether oxygens (including phenoxy) is 2. The van der Waals surface area contributed by atoms with Crippen LogP contribution < -0.4 is 9.47 Å². The van der Waals surface area contributed by atoms with Crippen molar-refractivity contribution in [2.75, 3.05) is 14.2 Å². The van der Waals surface area contributed by atoms with Crippen LogP contribution in [-0.2, 0) is 32.8 Å². The summed E-state index contributed by atoms with van der Waals surface area (Å²) in [5.41, 5.74) is 10.2. The van der Waals surface area contributed by atoms with Crippen molar-refractivity contribution in [1.29, 1.82) is 0 Å². The third-order valence-corrected chi connectivity index (χ3v) is 8.93. The van der Waals surface area contributed by atoms with Crippen LogP contribution in [-0.4, -0.2) is 24.2 Å². The minimum atomic E-state index is -0.0997. The zero-order chi connectivity index (χ0) is 36.7. The molecule has 0 saturated heterocycles. The summed E-state index contributed by atoms with van der Waals surface area (Å²) in [6, 6.07) is 21.9. The van der Waals surface area contributed by atoms with Gasteiger partial charge in [-0.15, -0.1) is 0 Å². The third-order valence-electron chi connectivity index (χ3n) is 8.93. The number of nitrogens with zero attached hydrogens (tertiary/aromatic N) is 2. The Balaban J connectivity index is 0.00000174. The quantitative estimate of drug-likeness (QED) is 0.169. The van der Waals surface area contributed by atoms with Crippen molar-refractivity contribution < 1.29 is 20.6 Å². The van der Waals surface area contributed by atoms with Gasteiger partial charge in [0.05, 0.1) is 36.6 Å². The summed E-state index contributed by atoms with van der Waals surface area (Å²) in [5, 5.41) is 2.14. The van der Waals surface area contributed by atoms with Crippen LogP contribution in [0.25, 0.3) is 44.3 Å². The van der Waals surface area contributed by atoms with E-state index in [4.69, 9.17) is 19.4 Å². The van der Waals surface area contributed by atoms with Crippen molar-refractivity contribution in [3.8, 4) is 34.0 Å². The molecule has 0 aliphatic heterocycles. The predicted molar refractivity (Wildman–Crippen MR) is 214 cm³/mol. The van der Waals surface area contributed by atoms with Gasteiger partial charge < -0.3 is 9.47 Å². The molecule has 0 N–H and O–H groups in total. The van der Waals surface area contributed by atoms with E-state index in [-0.39, 0.29) is 21.7 Å². The first kappa shape index (κ1) is 39.3. The molecule has 5 rings (SSSR count). The summed E-state index contributed by atoms with van der Waals surface area (Å²) in [7, 11) is 3.56. The Bertz CT molecular complexity index is 1760. The van der Waals surface area contributed by atoms with Gasteiger partial charge in [-0.1, -0.05) is 107 Å². The van der Waals surface area contributed by atoms with Crippen LogP contribution in [0.2, 0.25) is 0 Å². The first-order chi connectivity index (χ1) is 22.6. The van der Waals surface area contributed by atoms with Crippen molar-refractivity contribution >= 4 is 50.1 Å². The average Bonchev–Trinajstić information content (AvgIpc) is 3.01. The maximum atomic E-state index is 6.04. The summed E-state index contributed by atoms with van der Waals surface area (Å²) < 4.78 is 12.1. The van der Waals surface area contributed by atoms with E-state index in [9.17, 15) is 0 Å². The fourth-order valence-corrected chi connectivity index (χ4v) is 6.31. The fourth-order valence-electron chi connectivity index (χ4n) is 6.31. The van der Waals surface area contributed by atoms with Crippen molar-refractivity contribution in [1.82, 2.24) is 9.97 Å². The van der Waals surface area contributed by atoms with Crippen LogP contribution in [0, 0.1) is 0 Å². The van der Waals surface area contributed by atoms with Crippen LogP contribution >= 0.6 is 28.3 Å². The normalized spacial score (nSPS) is 12.7. The number of rotatable bonds is 4. The van der Waals surface area contributed by atoms with Gasteiger partial charge in [0.1, 0.15) is 11.5 Å². The summed E-state index contributed by atoms with van der Waals surface area (Å²) in [4.78, 5) is 10.7. The molecule has 0 spiro atoms. The Morgan fingerprint density at radius 2 is 0.714 bits per heavy atom. The van der Waals surface area contributed by atoms with Gasteiger partial charge in [-0.2, -0.15) is 0 Å². The third kappa shape index (κ3) is 8.54. The fraction of sp³-hybridized carbons (Fsp3) is 0.429. The molecule has 0 aliphatic carbocycles. The molecule has 0 fully saturated rings. The molecule has 0 unspecified atom stereocenters. The number of aromatic nitrogens is 2. The van der Waals surface area contributed by atoms with E-state index in [0.29, 0.717) is 0 Å². The zero-order valence-electron chi connectivity index (χ0n) is 31.6. The van der Waals surface area contributed by atoms with Crippen LogP contribution in [0.4, 0.5) is 0 Å². The van der Waals surface area contributed by atoms with E-state index >= 15 is 0 Å². The zero-order valence-corrected chi connectivity index (χ0v) is 35.8. The van der Waals surface area contributed by atoms with E-state index in [0.717, 1.165) is 66.9 Å². The summed E-state index contributed by atoms with van der Waals surface area (Å²) in [5.74, 6) is 1.93. The molecule has 2 aromatic heterocycles. The molecule has 2 heterocycles. The van der Waals surface area contributed by atoms with E-state index in [1.807, 2.05) is 0 Å². The average molecular weight is 836 g/mol. The second-order valence-electron chi connectivity index (χ2n) is 16.9. The molecule has 7 heteroatoms. The molecule has 0 saturated carbocycles. The molecule has 0 atom stereocenters. The number of hydrogen-bond donors (Lipinski definition) is 0. The first-order valence-corrected chi connectivity index (χ1v) is 21.8. The van der Waals surface area contributed by atoms with Crippen molar-refractivity contribution in [3.63, 3.8) is 0 Å². The molecule has 265 valence electrons. The van der Waals surface area contributed by atoms with Gasteiger partial charge in [0.2, 0.25) is 0 Å². The molecule has 0 aliphatic rings. The number of pyridine rings is 2. The van der Waals surface area contributed by atoms with Gasteiger partial charge in [0, 0.05) is 44.2 Å². The number of hydrogen-bond acceptors (Lipinski definition) is 4. The van der Waals surface area contributed by atoms with Gasteiger partial charge in [-0.05, 0) is 58.1 Å². The van der Waals surface area contributed by atoms with Gasteiger partial charge in [0.15, 0.2) is 0 Å². The van der Waals surface area contributed by atoms with E-state index in [2.05, 4.69) is 172 Å². The minimum absolute atomic E-state index is 0.0997. The van der Waals surface area contributed by atoms with Crippen molar-refractivity contribution in [2.24, 2.45) is 0 Å². The maximum absolute atomic E-state index is 6.04. The molecule has 0 radical (unpaired) electrons. The molecule has 3 aromatic carbocycles. The van der Waals surface area contributed by atoms with E-state index in [1.165, 1.54) is 22.3 Å². The number of fused-ring (bicyclic) bond motifs is 3. The Morgan fingerprint density at radius 3 is 0.939 bits per heavy atom. The van der Waals surface area contributed by atoms with Crippen LogP contribution in [0.1, 0.15) is 105 Å². The number of benzene rings is 3. The number of methoxy groups -OCH3 is 2. The monoisotopic (exact) mass is 833 g/mol. The standard InChI is InChI=1S/C42H52N2O2.2BrH.Co/c1-39(2,3)29-21-27(22-30(37(29)45-13)40(4,5)6)33-19-17-25-15-16-26-18-20-34(44-36(26)35(25)43-33)28-23-31(41(7,8)9)38(46-14)32(24-28)42(10,11)12;;;/h15-24H,1-14H3;2*1H;/q;;;+2/p-2. The van der Waals surface area contributed by atoms with Crippen molar-refractivity contribution in [2.45, 2.75) is 105 Å². The molecule has 4 nitrogen and oxygen atoms in total. The Labute approximate surface area is 314 Å². The van der Waals surface area contributed by atoms with Crippen LogP contribution in [0.3, 0.4) is 0 Å². The molecule has 49 heavy (non-hydrogen) atoms. The van der Waals surface area contributed by atoms with Gasteiger partial charge in [-0.3, -0.25) is 0 Å². The molecule has 0 amide bonds. The summed E-state index contributed by atoms with van der Waals surface area (Å²) >= 11 is 7.12. The second kappa shape index (κ2) is 14.6. The Morgan fingerprint density at radius 1 is 0.469 bits per heavy atom. The topological polar surface area (TPSA) is 44.2 Å². The number of halogens is 2. The van der Waals surface area contributed by atoms with Crippen molar-refractivity contribution in [3.05, 3.63) is 82.9 Å². The van der Waals surface area contributed by atoms with Crippen LogP contribution in [0.15, 0.2) is 60.7 Å². The summed E-state index contributed by atoms with van der Waals surface area (Å²) in [6.45, 7) is 26.9. The molecular formula is C42H52Br2CoN2O2. The van der Waals surface area contributed by atoms with Crippen LogP contribution in [0.5, 0.6) is 11.5 Å². The molecule has 0 bridgehead atoms. The van der Waals surface area contributed by atoms with Gasteiger partial charge >= 0.3 is 39.5 Å². The first-order valence-electron chi connectivity index (χ1n) is 16.7.